The molecule has 0 aliphatic rings. The number of methoxy groups -OCH3 is 1. The van der Waals surface area contributed by atoms with Gasteiger partial charge in [-0.15, -0.1) is 0 Å². The molecule has 1 rings (SSSR count). The molecule has 6 nitrogen and oxygen atoms in total. The molecule has 0 heterocycles. The third-order valence-corrected chi connectivity index (χ3v) is 3.77. The molecule has 1 aromatic rings. The Morgan fingerprint density at radius 1 is 1.27 bits per heavy atom. The van der Waals surface area contributed by atoms with E-state index in [1.54, 1.807) is 17.9 Å². The summed E-state index contributed by atoms with van der Waals surface area (Å²) in [6.45, 7) is 5.05. The van der Waals surface area contributed by atoms with Crippen LogP contribution in [0.2, 0.25) is 0 Å². The third kappa shape index (κ3) is 7.70. The van der Waals surface area contributed by atoms with Gasteiger partial charge in [-0.25, -0.2) is 0 Å². The lowest BCUT2D eigenvalue weighted by atomic mass is 10.1. The number of benzene rings is 1. The maximum atomic E-state index is 12.5. The molecule has 0 bridgehead atoms. The van der Waals surface area contributed by atoms with Crippen molar-refractivity contribution in [3.05, 3.63) is 35.9 Å². The first-order valence-electron chi connectivity index (χ1n) is 8.90. The van der Waals surface area contributed by atoms with E-state index < -0.39 is 5.92 Å². The summed E-state index contributed by atoms with van der Waals surface area (Å²) in [6.07, 6.45) is 4.60. The first-order valence-corrected chi connectivity index (χ1v) is 8.90. The van der Waals surface area contributed by atoms with Gasteiger partial charge < -0.3 is 19.5 Å². The first kappa shape index (κ1) is 21.7. The zero-order valence-electron chi connectivity index (χ0n) is 15.8. The molecule has 1 aromatic carbocycles. The van der Waals surface area contributed by atoms with E-state index in [-0.39, 0.29) is 25.0 Å². The van der Waals surface area contributed by atoms with Crippen LogP contribution >= 0.6 is 0 Å². The van der Waals surface area contributed by atoms with Crippen LogP contribution in [0.4, 0.5) is 0 Å². The summed E-state index contributed by atoms with van der Waals surface area (Å²) in [6, 6.07) is 7.49. The summed E-state index contributed by atoms with van der Waals surface area (Å²) in [5, 5.41) is 9.02. The molecule has 1 N–H and O–H groups in total. The SMILES string of the molecule is CCCOc1ccc(/C=C/C(=O)N(CCCO)CC(C)C(=O)OC)cc1. The summed E-state index contributed by atoms with van der Waals surface area (Å²) in [7, 11) is 1.33. The Morgan fingerprint density at radius 3 is 2.54 bits per heavy atom. The summed E-state index contributed by atoms with van der Waals surface area (Å²) in [5.41, 5.74) is 0.880. The number of esters is 1. The second-order valence-corrected chi connectivity index (χ2v) is 6.04. The second-order valence-electron chi connectivity index (χ2n) is 6.04. The number of aliphatic hydroxyl groups is 1. The Hall–Kier alpha value is -2.34. The molecule has 0 saturated heterocycles. The highest BCUT2D eigenvalue weighted by Crippen LogP contribution is 2.14. The number of aliphatic hydroxyl groups excluding tert-OH is 1. The average molecular weight is 363 g/mol. The molecule has 26 heavy (non-hydrogen) atoms. The molecule has 6 heteroatoms. The zero-order valence-corrected chi connectivity index (χ0v) is 15.8. The highest BCUT2D eigenvalue weighted by atomic mass is 16.5. The second kappa shape index (κ2) is 12.1. The van der Waals surface area contributed by atoms with Crippen molar-refractivity contribution < 1.29 is 24.2 Å². The predicted octanol–water partition coefficient (Wildman–Crippen LogP) is 2.51. The predicted molar refractivity (Wildman–Crippen MR) is 101 cm³/mol. The van der Waals surface area contributed by atoms with Crippen molar-refractivity contribution in [1.82, 2.24) is 4.90 Å². The van der Waals surface area contributed by atoms with E-state index in [0.717, 1.165) is 17.7 Å². The quantitative estimate of drug-likeness (QED) is 0.483. The fraction of sp³-hybridized carbons (Fsp3) is 0.500. The molecule has 0 fully saturated rings. The van der Waals surface area contributed by atoms with Crippen molar-refractivity contribution in [2.45, 2.75) is 26.7 Å². The number of hydrogen-bond donors (Lipinski definition) is 1. The summed E-state index contributed by atoms with van der Waals surface area (Å²) >= 11 is 0. The molecule has 0 radical (unpaired) electrons. The fourth-order valence-corrected chi connectivity index (χ4v) is 2.33. The van der Waals surface area contributed by atoms with Crippen LogP contribution in [0.3, 0.4) is 0 Å². The molecule has 0 spiro atoms. The fourth-order valence-electron chi connectivity index (χ4n) is 2.33. The number of nitrogens with zero attached hydrogens (tertiary/aromatic N) is 1. The van der Waals surface area contributed by atoms with Crippen molar-refractivity contribution in [2.75, 3.05) is 33.4 Å². The average Bonchev–Trinajstić information content (AvgIpc) is 2.67. The van der Waals surface area contributed by atoms with Gasteiger partial charge >= 0.3 is 5.97 Å². The first-order chi connectivity index (χ1) is 12.5. The van der Waals surface area contributed by atoms with E-state index in [9.17, 15) is 9.59 Å². The van der Waals surface area contributed by atoms with Crippen molar-refractivity contribution in [2.24, 2.45) is 5.92 Å². The minimum Gasteiger partial charge on any atom is -0.494 e. The minimum atomic E-state index is -0.425. The molecular formula is C20H29NO5. The van der Waals surface area contributed by atoms with Crippen LogP contribution < -0.4 is 4.74 Å². The number of amides is 1. The number of ether oxygens (including phenoxy) is 2. The molecule has 0 aromatic heterocycles. The molecule has 1 amide bonds. The van der Waals surface area contributed by atoms with Crippen LogP contribution in [0.5, 0.6) is 5.75 Å². The Kier molecular flexibility index (Phi) is 10.1. The standard InChI is InChI=1S/C20H29NO5/c1-4-14-26-18-9-6-17(7-10-18)8-11-19(23)21(12-5-13-22)15-16(2)20(24)25-3/h6-11,16,22H,4-5,12-15H2,1-3H3/b11-8+. The van der Waals surface area contributed by atoms with Gasteiger partial charge in [-0.3, -0.25) is 9.59 Å². The minimum absolute atomic E-state index is 0.0146. The van der Waals surface area contributed by atoms with Gasteiger partial charge in [-0.05, 0) is 36.6 Å². The Morgan fingerprint density at radius 2 is 1.96 bits per heavy atom. The molecular weight excluding hydrogens is 334 g/mol. The van der Waals surface area contributed by atoms with Gasteiger partial charge in [0.1, 0.15) is 5.75 Å². The van der Waals surface area contributed by atoms with Gasteiger partial charge in [0.25, 0.3) is 0 Å². The number of carbonyl (C=O) groups is 2. The molecule has 0 saturated carbocycles. The van der Waals surface area contributed by atoms with E-state index in [1.165, 1.54) is 13.2 Å². The molecule has 1 unspecified atom stereocenters. The van der Waals surface area contributed by atoms with Gasteiger partial charge in [-0.1, -0.05) is 26.0 Å². The van der Waals surface area contributed by atoms with Crippen molar-refractivity contribution in [3.8, 4) is 5.75 Å². The normalized spacial score (nSPS) is 12.0. The van der Waals surface area contributed by atoms with E-state index in [4.69, 9.17) is 14.6 Å². The Balaban J connectivity index is 2.71. The van der Waals surface area contributed by atoms with Crippen LogP contribution in [0, 0.1) is 5.92 Å². The highest BCUT2D eigenvalue weighted by molar-refractivity contribution is 5.92. The smallest absolute Gasteiger partial charge is 0.310 e. The Bertz CT molecular complexity index is 582. The van der Waals surface area contributed by atoms with Gasteiger partial charge in [0.2, 0.25) is 5.91 Å². The third-order valence-electron chi connectivity index (χ3n) is 3.77. The van der Waals surface area contributed by atoms with Crippen LogP contribution in [-0.4, -0.2) is 55.3 Å². The molecule has 0 aliphatic carbocycles. The molecule has 1 atom stereocenters. The molecule has 144 valence electrons. The summed E-state index contributed by atoms with van der Waals surface area (Å²) in [4.78, 5) is 25.6. The van der Waals surface area contributed by atoms with Crippen LogP contribution in [-0.2, 0) is 14.3 Å². The Labute approximate surface area is 155 Å². The number of carbonyl (C=O) groups excluding carboxylic acids is 2. The van der Waals surface area contributed by atoms with E-state index in [0.29, 0.717) is 19.6 Å². The topological polar surface area (TPSA) is 76.1 Å². The van der Waals surface area contributed by atoms with Crippen LogP contribution in [0.1, 0.15) is 32.3 Å². The largest absolute Gasteiger partial charge is 0.494 e. The van der Waals surface area contributed by atoms with Gasteiger partial charge in [0.05, 0.1) is 19.6 Å². The summed E-state index contributed by atoms with van der Waals surface area (Å²) in [5.74, 6) is -0.197. The zero-order chi connectivity index (χ0) is 19.4. The van der Waals surface area contributed by atoms with Gasteiger partial charge in [-0.2, -0.15) is 0 Å². The highest BCUT2D eigenvalue weighted by Gasteiger charge is 2.19. The van der Waals surface area contributed by atoms with Gasteiger partial charge in [0.15, 0.2) is 0 Å². The van der Waals surface area contributed by atoms with E-state index in [1.807, 2.05) is 31.2 Å². The maximum Gasteiger partial charge on any atom is 0.310 e. The number of hydrogen-bond acceptors (Lipinski definition) is 5. The van der Waals surface area contributed by atoms with E-state index in [2.05, 4.69) is 0 Å². The lowest BCUT2D eigenvalue weighted by Gasteiger charge is -2.23. The maximum absolute atomic E-state index is 12.5. The van der Waals surface area contributed by atoms with Crippen molar-refractivity contribution >= 4 is 18.0 Å². The number of rotatable bonds is 11. The lowest BCUT2D eigenvalue weighted by molar-refractivity contribution is -0.146. The molecule has 0 aliphatic heterocycles. The van der Waals surface area contributed by atoms with Crippen LogP contribution in [0.25, 0.3) is 6.08 Å². The van der Waals surface area contributed by atoms with Crippen molar-refractivity contribution in [1.29, 1.82) is 0 Å². The van der Waals surface area contributed by atoms with Crippen molar-refractivity contribution in [3.63, 3.8) is 0 Å². The summed E-state index contributed by atoms with van der Waals surface area (Å²) < 4.78 is 10.2. The van der Waals surface area contributed by atoms with Crippen LogP contribution in [0.15, 0.2) is 30.3 Å². The van der Waals surface area contributed by atoms with E-state index >= 15 is 0 Å². The monoisotopic (exact) mass is 363 g/mol. The lowest BCUT2D eigenvalue weighted by Crippen LogP contribution is -2.37. The van der Waals surface area contributed by atoms with Gasteiger partial charge in [0, 0.05) is 25.8 Å².